The average molecular weight is 372 g/mol. The fourth-order valence-corrected chi connectivity index (χ4v) is 3.82. The van der Waals surface area contributed by atoms with Gasteiger partial charge in [-0.25, -0.2) is 0 Å². The topological polar surface area (TPSA) is 72.4 Å². The van der Waals surface area contributed by atoms with Crippen LogP contribution in [0.2, 0.25) is 5.02 Å². The van der Waals surface area contributed by atoms with Crippen molar-refractivity contribution < 1.29 is 13.8 Å². The highest BCUT2D eigenvalue weighted by Gasteiger charge is 2.35. The van der Waals surface area contributed by atoms with Crippen LogP contribution in [0.1, 0.15) is 46.4 Å². The Balaban J connectivity index is 1.63. The molecule has 6 nitrogen and oxygen atoms in total. The molecule has 0 bridgehead atoms. The Labute approximate surface area is 155 Å². The van der Waals surface area contributed by atoms with Crippen molar-refractivity contribution in [3.63, 3.8) is 0 Å². The SMILES string of the molecule is Cc1noc(C)c1[C@H]1CCCN1C(=O)c1cc(-c2ccccc2Cl)on1. The smallest absolute Gasteiger partial charge is 0.276 e. The lowest BCUT2D eigenvalue weighted by molar-refractivity contribution is 0.0724. The number of hydrogen-bond donors (Lipinski definition) is 0. The summed E-state index contributed by atoms with van der Waals surface area (Å²) < 4.78 is 10.7. The van der Waals surface area contributed by atoms with Crippen LogP contribution in [0.5, 0.6) is 0 Å². The van der Waals surface area contributed by atoms with Gasteiger partial charge in [0, 0.05) is 23.7 Å². The number of carbonyl (C=O) groups is 1. The molecule has 1 amide bonds. The summed E-state index contributed by atoms with van der Waals surface area (Å²) >= 11 is 6.20. The van der Waals surface area contributed by atoms with Crippen molar-refractivity contribution in [3.8, 4) is 11.3 Å². The summed E-state index contributed by atoms with van der Waals surface area (Å²) in [4.78, 5) is 14.8. The van der Waals surface area contributed by atoms with Crippen molar-refractivity contribution in [1.82, 2.24) is 15.2 Å². The van der Waals surface area contributed by atoms with Crippen molar-refractivity contribution in [3.05, 3.63) is 58.1 Å². The lowest BCUT2D eigenvalue weighted by Gasteiger charge is -2.23. The van der Waals surface area contributed by atoms with Gasteiger partial charge in [-0.2, -0.15) is 0 Å². The summed E-state index contributed by atoms with van der Waals surface area (Å²) in [5.74, 6) is 1.07. The van der Waals surface area contributed by atoms with E-state index >= 15 is 0 Å². The Morgan fingerprint density at radius 3 is 2.77 bits per heavy atom. The van der Waals surface area contributed by atoms with Gasteiger partial charge < -0.3 is 13.9 Å². The third-order valence-corrected chi connectivity index (χ3v) is 5.13. The number of carbonyl (C=O) groups excluding carboxylic acids is 1. The van der Waals surface area contributed by atoms with Gasteiger partial charge in [0.2, 0.25) is 0 Å². The lowest BCUT2D eigenvalue weighted by Crippen LogP contribution is -2.31. The molecule has 1 saturated heterocycles. The molecule has 4 rings (SSSR count). The number of rotatable bonds is 3. The third kappa shape index (κ3) is 2.80. The Kier molecular flexibility index (Phi) is 4.28. The van der Waals surface area contributed by atoms with Gasteiger partial charge in [-0.1, -0.05) is 34.0 Å². The standard InChI is InChI=1S/C19H18ClN3O3/c1-11-18(12(2)25-21-11)16-8-5-9-23(16)19(24)15-10-17(26-22-15)13-6-3-4-7-14(13)20/h3-4,6-7,10,16H,5,8-9H2,1-2H3/t16-/m1/s1. The highest BCUT2D eigenvalue weighted by atomic mass is 35.5. The first kappa shape index (κ1) is 16.8. The lowest BCUT2D eigenvalue weighted by atomic mass is 10.0. The zero-order valence-corrected chi connectivity index (χ0v) is 15.3. The van der Waals surface area contributed by atoms with Gasteiger partial charge in [-0.15, -0.1) is 0 Å². The van der Waals surface area contributed by atoms with Crippen molar-refractivity contribution in [2.75, 3.05) is 6.54 Å². The van der Waals surface area contributed by atoms with E-state index in [-0.39, 0.29) is 17.6 Å². The molecule has 3 aromatic rings. The largest absolute Gasteiger partial charge is 0.361 e. The second kappa shape index (κ2) is 6.61. The summed E-state index contributed by atoms with van der Waals surface area (Å²) in [5, 5.41) is 8.55. The van der Waals surface area contributed by atoms with E-state index in [4.69, 9.17) is 20.6 Å². The maximum absolute atomic E-state index is 13.0. The fourth-order valence-electron chi connectivity index (χ4n) is 3.59. The molecule has 1 atom stereocenters. The molecule has 0 aliphatic carbocycles. The van der Waals surface area contributed by atoms with Gasteiger partial charge in [0.15, 0.2) is 11.5 Å². The molecular weight excluding hydrogens is 354 g/mol. The molecule has 0 spiro atoms. The van der Waals surface area contributed by atoms with Crippen LogP contribution >= 0.6 is 11.6 Å². The van der Waals surface area contributed by atoms with Crippen molar-refractivity contribution in [2.24, 2.45) is 0 Å². The zero-order chi connectivity index (χ0) is 18.3. The number of hydrogen-bond acceptors (Lipinski definition) is 5. The molecule has 1 fully saturated rings. The minimum atomic E-state index is -0.158. The van der Waals surface area contributed by atoms with Crippen LogP contribution < -0.4 is 0 Å². The van der Waals surface area contributed by atoms with Gasteiger partial charge in [0.25, 0.3) is 5.91 Å². The van der Waals surface area contributed by atoms with Crippen LogP contribution in [0.3, 0.4) is 0 Å². The Bertz CT molecular complexity index is 943. The van der Waals surface area contributed by atoms with Gasteiger partial charge in [0.05, 0.1) is 16.8 Å². The van der Waals surface area contributed by atoms with Gasteiger partial charge >= 0.3 is 0 Å². The van der Waals surface area contributed by atoms with E-state index < -0.39 is 0 Å². The molecule has 2 aromatic heterocycles. The molecule has 26 heavy (non-hydrogen) atoms. The number of halogens is 1. The molecule has 7 heteroatoms. The molecule has 0 N–H and O–H groups in total. The summed E-state index contributed by atoms with van der Waals surface area (Å²) in [6.45, 7) is 4.45. The number of likely N-dealkylation sites (tertiary alicyclic amines) is 1. The normalized spacial score (nSPS) is 17.0. The number of nitrogens with zero attached hydrogens (tertiary/aromatic N) is 3. The molecule has 1 aromatic carbocycles. The van der Waals surface area contributed by atoms with E-state index in [9.17, 15) is 4.79 Å². The van der Waals surface area contributed by atoms with Crippen LogP contribution in [0.15, 0.2) is 39.4 Å². The van der Waals surface area contributed by atoms with E-state index in [1.54, 1.807) is 12.1 Å². The third-order valence-electron chi connectivity index (χ3n) is 4.80. The fraction of sp³-hybridized carbons (Fsp3) is 0.316. The summed E-state index contributed by atoms with van der Waals surface area (Å²) in [6.07, 6.45) is 1.81. The maximum Gasteiger partial charge on any atom is 0.276 e. The molecule has 1 aliphatic rings. The highest BCUT2D eigenvalue weighted by molar-refractivity contribution is 6.33. The first-order valence-corrected chi connectivity index (χ1v) is 8.89. The van der Waals surface area contributed by atoms with Crippen LogP contribution in [0, 0.1) is 13.8 Å². The molecular formula is C19H18ClN3O3. The maximum atomic E-state index is 13.0. The van der Waals surface area contributed by atoms with Crippen molar-refractivity contribution in [1.29, 1.82) is 0 Å². The van der Waals surface area contributed by atoms with Gasteiger partial charge in [-0.3, -0.25) is 4.79 Å². The molecule has 3 heterocycles. The first-order valence-electron chi connectivity index (χ1n) is 8.51. The summed E-state index contributed by atoms with van der Waals surface area (Å²) in [5.41, 5.74) is 2.80. The van der Waals surface area contributed by atoms with Crippen LogP contribution in [0.25, 0.3) is 11.3 Å². The molecule has 0 radical (unpaired) electrons. The number of aryl methyl sites for hydroxylation is 2. The zero-order valence-electron chi connectivity index (χ0n) is 14.5. The van der Waals surface area contributed by atoms with Gasteiger partial charge in [-0.05, 0) is 38.8 Å². The molecule has 0 saturated carbocycles. The van der Waals surface area contributed by atoms with Crippen LogP contribution in [-0.2, 0) is 0 Å². The molecule has 0 unspecified atom stereocenters. The van der Waals surface area contributed by atoms with Crippen LogP contribution in [0.4, 0.5) is 0 Å². The van der Waals surface area contributed by atoms with Crippen molar-refractivity contribution in [2.45, 2.75) is 32.7 Å². The predicted molar refractivity (Wildman–Crippen MR) is 95.9 cm³/mol. The van der Waals surface area contributed by atoms with E-state index in [1.165, 1.54) is 0 Å². The second-order valence-electron chi connectivity index (χ2n) is 6.45. The minimum absolute atomic E-state index is 0.0470. The van der Waals surface area contributed by atoms with E-state index in [2.05, 4.69) is 10.3 Å². The van der Waals surface area contributed by atoms with E-state index in [0.717, 1.165) is 29.9 Å². The number of aromatic nitrogens is 2. The average Bonchev–Trinajstić information content (AvgIpc) is 3.35. The summed E-state index contributed by atoms with van der Waals surface area (Å²) in [7, 11) is 0. The Morgan fingerprint density at radius 2 is 2.04 bits per heavy atom. The van der Waals surface area contributed by atoms with E-state index in [1.807, 2.05) is 36.9 Å². The second-order valence-corrected chi connectivity index (χ2v) is 6.86. The first-order chi connectivity index (χ1) is 12.6. The van der Waals surface area contributed by atoms with Crippen molar-refractivity contribution >= 4 is 17.5 Å². The molecule has 134 valence electrons. The quantitative estimate of drug-likeness (QED) is 0.673. The van der Waals surface area contributed by atoms with Crippen LogP contribution in [-0.4, -0.2) is 27.7 Å². The monoisotopic (exact) mass is 371 g/mol. The summed E-state index contributed by atoms with van der Waals surface area (Å²) in [6, 6.07) is 8.90. The van der Waals surface area contributed by atoms with Gasteiger partial charge in [0.1, 0.15) is 5.76 Å². The predicted octanol–water partition coefficient (Wildman–Crippen LogP) is 4.58. The van der Waals surface area contributed by atoms with E-state index in [0.29, 0.717) is 22.9 Å². The Hall–Kier alpha value is -2.60. The number of amides is 1. The minimum Gasteiger partial charge on any atom is -0.361 e. The molecule has 1 aliphatic heterocycles. The highest BCUT2D eigenvalue weighted by Crippen LogP contribution is 2.37. The Morgan fingerprint density at radius 1 is 1.23 bits per heavy atom. The number of benzene rings is 1.